The number of aliphatic carboxylic acids is 1. The molecule has 0 unspecified atom stereocenters. The number of rotatable bonds is 4. The van der Waals surface area contributed by atoms with Crippen molar-refractivity contribution in [1.29, 1.82) is 0 Å². The number of carbonyl (C=O) groups is 1. The summed E-state index contributed by atoms with van der Waals surface area (Å²) in [6, 6.07) is 16.0. The first-order chi connectivity index (χ1) is 14.3. The number of benzene rings is 2. The lowest BCUT2D eigenvalue weighted by Crippen LogP contribution is -2.30. The number of halogens is 3. The van der Waals surface area contributed by atoms with Crippen LogP contribution in [0.3, 0.4) is 0 Å². The number of nitrogens with one attached hydrogen (secondary N) is 2. The van der Waals surface area contributed by atoms with Gasteiger partial charge < -0.3 is 15.4 Å². The van der Waals surface area contributed by atoms with Crippen LogP contribution in [0.15, 0.2) is 48.8 Å². The van der Waals surface area contributed by atoms with Crippen LogP contribution in [-0.4, -0.2) is 33.3 Å². The molecule has 0 atom stereocenters. The topological polar surface area (TPSA) is 78.0 Å². The summed E-state index contributed by atoms with van der Waals surface area (Å²) in [6.07, 6.45) is 3.51. The van der Waals surface area contributed by atoms with Gasteiger partial charge in [-0.3, -0.25) is 0 Å². The quantitative estimate of drug-likeness (QED) is 0.537. The lowest BCUT2D eigenvalue weighted by molar-refractivity contribution is -0.192. The molecule has 0 amide bonds. The Morgan fingerprint density at radius 3 is 2.33 bits per heavy atom. The maximum absolute atomic E-state index is 10.6. The Labute approximate surface area is 172 Å². The highest BCUT2D eigenvalue weighted by Gasteiger charge is 2.38. The third-order valence-corrected chi connectivity index (χ3v) is 5.15. The molecular formula is C22H24F3N3O2. The normalized spacial score (nSPS) is 14.9. The Balaban J connectivity index is 0.000000318. The van der Waals surface area contributed by atoms with Gasteiger partial charge in [0.05, 0.1) is 17.4 Å². The van der Waals surface area contributed by atoms with Crippen LogP contribution in [0.25, 0.3) is 22.2 Å². The summed E-state index contributed by atoms with van der Waals surface area (Å²) in [5.74, 6) is -2.76. The van der Waals surface area contributed by atoms with Crippen LogP contribution in [0.1, 0.15) is 37.7 Å². The van der Waals surface area contributed by atoms with Gasteiger partial charge in [0.2, 0.25) is 0 Å². The minimum Gasteiger partial charge on any atom is -0.475 e. The van der Waals surface area contributed by atoms with Crippen LogP contribution in [-0.2, 0) is 11.3 Å². The van der Waals surface area contributed by atoms with Crippen molar-refractivity contribution < 1.29 is 23.1 Å². The minimum absolute atomic E-state index is 0.714. The number of aromatic amines is 1. The van der Waals surface area contributed by atoms with Crippen molar-refractivity contribution in [3.8, 4) is 11.1 Å². The molecule has 5 nitrogen and oxygen atoms in total. The lowest BCUT2D eigenvalue weighted by Gasteiger charge is -2.22. The fourth-order valence-corrected chi connectivity index (χ4v) is 3.50. The van der Waals surface area contributed by atoms with Gasteiger partial charge in [0.25, 0.3) is 0 Å². The van der Waals surface area contributed by atoms with Crippen LogP contribution in [0.5, 0.6) is 0 Å². The fourth-order valence-electron chi connectivity index (χ4n) is 3.50. The first-order valence-electron chi connectivity index (χ1n) is 9.89. The lowest BCUT2D eigenvalue weighted by atomic mass is 9.95. The van der Waals surface area contributed by atoms with Gasteiger partial charge in [-0.1, -0.05) is 49.6 Å². The molecule has 0 saturated heterocycles. The zero-order chi connectivity index (χ0) is 21.6. The van der Waals surface area contributed by atoms with Crippen molar-refractivity contribution in [3.63, 3.8) is 0 Å². The van der Waals surface area contributed by atoms with Gasteiger partial charge in [-0.05, 0) is 41.7 Å². The highest BCUT2D eigenvalue weighted by Crippen LogP contribution is 2.23. The molecule has 3 N–H and O–H groups in total. The second-order valence-electron chi connectivity index (χ2n) is 7.35. The van der Waals surface area contributed by atoms with Gasteiger partial charge in [0.1, 0.15) is 0 Å². The molecule has 1 aliphatic carbocycles. The first kappa shape index (κ1) is 21.8. The molecule has 1 saturated carbocycles. The molecule has 8 heteroatoms. The van der Waals surface area contributed by atoms with E-state index < -0.39 is 12.1 Å². The average Bonchev–Trinajstić information content (AvgIpc) is 3.21. The van der Waals surface area contributed by atoms with Crippen molar-refractivity contribution in [3.05, 3.63) is 54.4 Å². The second-order valence-corrected chi connectivity index (χ2v) is 7.35. The summed E-state index contributed by atoms with van der Waals surface area (Å²) in [5.41, 5.74) is 5.95. The number of H-pyrrole nitrogens is 1. The number of carboxylic acid groups (broad SMARTS) is 1. The van der Waals surface area contributed by atoms with Gasteiger partial charge in [-0.2, -0.15) is 13.2 Å². The Kier molecular flexibility index (Phi) is 7.10. The third-order valence-electron chi connectivity index (χ3n) is 5.15. The molecule has 1 fully saturated rings. The third kappa shape index (κ3) is 6.06. The van der Waals surface area contributed by atoms with Gasteiger partial charge in [0, 0.05) is 12.6 Å². The number of alkyl halides is 3. The predicted molar refractivity (Wildman–Crippen MR) is 109 cm³/mol. The van der Waals surface area contributed by atoms with E-state index in [9.17, 15) is 13.2 Å². The van der Waals surface area contributed by atoms with Crippen LogP contribution in [0.2, 0.25) is 0 Å². The molecule has 1 aliphatic rings. The van der Waals surface area contributed by atoms with E-state index in [1.54, 1.807) is 6.33 Å². The van der Waals surface area contributed by atoms with Crippen LogP contribution in [0.4, 0.5) is 13.2 Å². The molecule has 1 heterocycles. The standard InChI is InChI=1S/C20H23N3.C2HF3O2/c1-2-4-18(5-3-1)21-13-15-6-8-16(9-7-15)17-10-11-19-20(12-17)23-14-22-19;3-2(4,5)1(6)7/h6-12,14,18,21H,1-5,13H2,(H,22,23);(H,6,7). The SMILES string of the molecule is O=C(O)C(F)(F)F.c1nc2ccc(-c3ccc(CNC4CCCCC4)cc3)cc2[nH]1. The smallest absolute Gasteiger partial charge is 0.475 e. The molecule has 0 bridgehead atoms. The number of nitrogens with zero attached hydrogens (tertiary/aromatic N) is 1. The summed E-state index contributed by atoms with van der Waals surface area (Å²) >= 11 is 0. The number of hydrogen-bond donors (Lipinski definition) is 3. The minimum atomic E-state index is -5.08. The highest BCUT2D eigenvalue weighted by molar-refractivity contribution is 5.81. The van der Waals surface area contributed by atoms with Crippen molar-refractivity contribution in [2.45, 2.75) is 50.9 Å². The van der Waals surface area contributed by atoms with Gasteiger partial charge >= 0.3 is 12.1 Å². The van der Waals surface area contributed by atoms with Crippen molar-refractivity contribution in [1.82, 2.24) is 15.3 Å². The van der Waals surface area contributed by atoms with Crippen molar-refractivity contribution in [2.24, 2.45) is 0 Å². The monoisotopic (exact) mass is 419 g/mol. The summed E-state index contributed by atoms with van der Waals surface area (Å²) in [4.78, 5) is 16.3. The summed E-state index contributed by atoms with van der Waals surface area (Å²) < 4.78 is 31.7. The Morgan fingerprint density at radius 1 is 1.07 bits per heavy atom. The van der Waals surface area contributed by atoms with Gasteiger partial charge in [0.15, 0.2) is 0 Å². The van der Waals surface area contributed by atoms with E-state index in [1.807, 2.05) is 0 Å². The molecule has 1 aromatic heterocycles. The maximum atomic E-state index is 10.6. The van der Waals surface area contributed by atoms with Crippen LogP contribution >= 0.6 is 0 Å². The van der Waals surface area contributed by atoms with Crippen LogP contribution in [0, 0.1) is 0 Å². The van der Waals surface area contributed by atoms with E-state index in [2.05, 4.69) is 57.7 Å². The zero-order valence-corrected chi connectivity index (χ0v) is 16.4. The zero-order valence-electron chi connectivity index (χ0n) is 16.4. The maximum Gasteiger partial charge on any atom is 0.490 e. The molecule has 30 heavy (non-hydrogen) atoms. The molecule has 0 aliphatic heterocycles. The molecular weight excluding hydrogens is 395 g/mol. The Bertz CT molecular complexity index is 962. The molecule has 160 valence electrons. The molecule has 0 radical (unpaired) electrons. The van der Waals surface area contributed by atoms with Gasteiger partial charge in [-0.25, -0.2) is 9.78 Å². The molecule has 2 aromatic carbocycles. The Morgan fingerprint density at radius 2 is 1.70 bits per heavy atom. The largest absolute Gasteiger partial charge is 0.490 e. The predicted octanol–water partition coefficient (Wildman–Crippen LogP) is 5.29. The molecule has 4 rings (SSSR count). The number of fused-ring (bicyclic) bond motifs is 1. The average molecular weight is 419 g/mol. The van der Waals surface area contributed by atoms with E-state index >= 15 is 0 Å². The first-order valence-corrected chi connectivity index (χ1v) is 9.89. The number of hydrogen-bond acceptors (Lipinski definition) is 3. The van der Waals surface area contributed by atoms with Crippen LogP contribution < -0.4 is 5.32 Å². The number of carboxylic acids is 1. The fraction of sp³-hybridized carbons (Fsp3) is 0.364. The second kappa shape index (κ2) is 9.75. The van der Waals surface area contributed by atoms with Gasteiger partial charge in [-0.15, -0.1) is 0 Å². The summed E-state index contributed by atoms with van der Waals surface area (Å²) in [6.45, 7) is 0.977. The van der Waals surface area contributed by atoms with E-state index in [0.29, 0.717) is 6.04 Å². The Hall–Kier alpha value is -2.87. The summed E-state index contributed by atoms with van der Waals surface area (Å²) in [5, 5.41) is 10.8. The molecule has 3 aromatic rings. The van der Waals surface area contributed by atoms with E-state index in [0.717, 1.165) is 17.6 Å². The summed E-state index contributed by atoms with van der Waals surface area (Å²) in [7, 11) is 0. The van der Waals surface area contributed by atoms with E-state index in [1.165, 1.54) is 48.8 Å². The number of aromatic nitrogens is 2. The van der Waals surface area contributed by atoms with E-state index in [-0.39, 0.29) is 0 Å². The van der Waals surface area contributed by atoms with Crippen molar-refractivity contribution >= 4 is 17.0 Å². The van der Waals surface area contributed by atoms with Crippen molar-refractivity contribution in [2.75, 3.05) is 0 Å². The number of imidazole rings is 1. The molecule has 0 spiro atoms. The van der Waals surface area contributed by atoms with E-state index in [4.69, 9.17) is 9.90 Å². The highest BCUT2D eigenvalue weighted by atomic mass is 19.4.